The van der Waals surface area contributed by atoms with Crippen molar-refractivity contribution < 1.29 is 22.7 Å². The number of piperazine rings is 1. The van der Waals surface area contributed by atoms with Crippen LogP contribution in [-0.2, 0) is 21.2 Å². The fraction of sp³-hybridized carbons (Fsp3) is 0.348. The topological polar surface area (TPSA) is 76.2 Å². The smallest absolute Gasteiger partial charge is 0.246 e. The number of nitrogens with zero attached hydrogens (tertiary/aromatic N) is 2. The number of carbonyl (C=O) groups is 1. The van der Waals surface area contributed by atoms with E-state index in [1.54, 1.807) is 41.3 Å². The molecule has 8 heteroatoms. The van der Waals surface area contributed by atoms with E-state index < -0.39 is 10.0 Å². The van der Waals surface area contributed by atoms with Crippen LogP contribution in [0.25, 0.3) is 6.08 Å². The first kappa shape index (κ1) is 21.4. The Morgan fingerprint density at radius 3 is 2.55 bits per heavy atom. The average molecular weight is 443 g/mol. The molecule has 0 N–H and O–H groups in total. The van der Waals surface area contributed by atoms with E-state index in [-0.39, 0.29) is 23.9 Å². The summed E-state index contributed by atoms with van der Waals surface area (Å²) in [5, 5.41) is 0. The average Bonchev–Trinajstić information content (AvgIpc) is 3.26. The molecule has 1 saturated heterocycles. The first-order chi connectivity index (χ1) is 15.0. The highest BCUT2D eigenvalue weighted by molar-refractivity contribution is 7.89. The molecule has 2 aliphatic rings. The number of benzene rings is 2. The van der Waals surface area contributed by atoms with Gasteiger partial charge in [0.25, 0.3) is 0 Å². The molecule has 2 heterocycles. The van der Waals surface area contributed by atoms with E-state index in [2.05, 4.69) is 0 Å². The van der Waals surface area contributed by atoms with Crippen molar-refractivity contribution in [2.24, 2.45) is 0 Å². The lowest BCUT2D eigenvalue weighted by Gasteiger charge is -2.33. The van der Waals surface area contributed by atoms with Crippen LogP contribution in [0.5, 0.6) is 11.5 Å². The Morgan fingerprint density at radius 2 is 1.84 bits per heavy atom. The largest absolute Gasteiger partial charge is 0.494 e. The molecule has 7 nitrogen and oxygen atoms in total. The van der Waals surface area contributed by atoms with Gasteiger partial charge in [0.15, 0.2) is 0 Å². The SMILES string of the molecule is CCOc1ccc(S(=O)(=O)N2CCN(C(=O)/C=C/c3ccc4c(c3)CCO4)CC2)cc1. The minimum atomic E-state index is -3.59. The van der Waals surface area contributed by atoms with Gasteiger partial charge in [-0.3, -0.25) is 4.79 Å². The fourth-order valence-electron chi connectivity index (χ4n) is 3.76. The molecule has 0 saturated carbocycles. The van der Waals surface area contributed by atoms with Gasteiger partial charge in [0.2, 0.25) is 15.9 Å². The highest BCUT2D eigenvalue weighted by Gasteiger charge is 2.29. The van der Waals surface area contributed by atoms with E-state index in [0.717, 1.165) is 23.3 Å². The maximum Gasteiger partial charge on any atom is 0.246 e. The molecule has 31 heavy (non-hydrogen) atoms. The van der Waals surface area contributed by atoms with Crippen LogP contribution in [0.4, 0.5) is 0 Å². The maximum absolute atomic E-state index is 12.9. The predicted molar refractivity (Wildman–Crippen MR) is 118 cm³/mol. The molecule has 0 aromatic heterocycles. The summed E-state index contributed by atoms with van der Waals surface area (Å²) in [6.45, 7) is 4.36. The molecule has 0 aliphatic carbocycles. The molecule has 0 atom stereocenters. The van der Waals surface area contributed by atoms with E-state index in [1.165, 1.54) is 4.31 Å². The summed E-state index contributed by atoms with van der Waals surface area (Å²) in [6.07, 6.45) is 4.23. The van der Waals surface area contributed by atoms with Gasteiger partial charge in [-0.1, -0.05) is 6.07 Å². The summed E-state index contributed by atoms with van der Waals surface area (Å²) in [6, 6.07) is 12.3. The zero-order valence-corrected chi connectivity index (χ0v) is 18.3. The van der Waals surface area contributed by atoms with Gasteiger partial charge < -0.3 is 14.4 Å². The number of amides is 1. The molecular weight excluding hydrogens is 416 g/mol. The van der Waals surface area contributed by atoms with Crippen molar-refractivity contribution in [2.75, 3.05) is 39.4 Å². The van der Waals surface area contributed by atoms with Crippen LogP contribution in [0.2, 0.25) is 0 Å². The van der Waals surface area contributed by atoms with Crippen LogP contribution >= 0.6 is 0 Å². The molecule has 4 rings (SSSR count). The first-order valence-electron chi connectivity index (χ1n) is 10.4. The standard InChI is InChI=1S/C23H26N2O5S/c1-2-29-20-5-7-21(8-6-20)31(27,28)25-14-12-24(13-15-25)23(26)10-4-18-3-9-22-19(17-18)11-16-30-22/h3-10,17H,2,11-16H2,1H3/b10-4+. The molecule has 1 fully saturated rings. The van der Waals surface area contributed by atoms with Gasteiger partial charge in [0.1, 0.15) is 11.5 Å². The second kappa shape index (κ2) is 9.11. The Morgan fingerprint density at radius 1 is 1.10 bits per heavy atom. The normalized spacial score (nSPS) is 16.9. The van der Waals surface area contributed by atoms with E-state index >= 15 is 0 Å². The number of ether oxygens (including phenoxy) is 2. The molecule has 0 spiro atoms. The summed E-state index contributed by atoms with van der Waals surface area (Å²) in [5.74, 6) is 1.43. The van der Waals surface area contributed by atoms with E-state index in [1.807, 2.05) is 25.1 Å². The van der Waals surface area contributed by atoms with Crippen molar-refractivity contribution in [2.45, 2.75) is 18.2 Å². The number of hydrogen-bond acceptors (Lipinski definition) is 5. The number of hydrogen-bond donors (Lipinski definition) is 0. The number of rotatable bonds is 6. The molecule has 0 unspecified atom stereocenters. The van der Waals surface area contributed by atoms with Gasteiger partial charge in [0.05, 0.1) is 18.1 Å². The Balaban J connectivity index is 1.34. The van der Waals surface area contributed by atoms with Crippen molar-refractivity contribution in [1.82, 2.24) is 9.21 Å². The molecule has 164 valence electrons. The quantitative estimate of drug-likeness (QED) is 0.643. The van der Waals surface area contributed by atoms with Crippen molar-refractivity contribution in [1.29, 1.82) is 0 Å². The molecule has 0 radical (unpaired) electrons. The second-order valence-corrected chi connectivity index (χ2v) is 9.37. The lowest BCUT2D eigenvalue weighted by Crippen LogP contribution is -2.50. The molecule has 2 aromatic carbocycles. The summed E-state index contributed by atoms with van der Waals surface area (Å²) in [7, 11) is -3.59. The minimum Gasteiger partial charge on any atom is -0.494 e. The predicted octanol–water partition coefficient (Wildman–Crippen LogP) is 2.57. The van der Waals surface area contributed by atoms with Gasteiger partial charge in [0, 0.05) is 38.7 Å². The zero-order chi connectivity index (χ0) is 21.8. The lowest BCUT2D eigenvalue weighted by atomic mass is 10.1. The van der Waals surface area contributed by atoms with E-state index in [9.17, 15) is 13.2 Å². The molecule has 2 aliphatic heterocycles. The van der Waals surface area contributed by atoms with Crippen molar-refractivity contribution >= 4 is 22.0 Å². The summed E-state index contributed by atoms with van der Waals surface area (Å²) < 4.78 is 38.1. The Kier molecular flexibility index (Phi) is 6.29. The molecule has 0 bridgehead atoms. The highest BCUT2D eigenvalue weighted by Crippen LogP contribution is 2.26. The Labute approximate surface area is 182 Å². The van der Waals surface area contributed by atoms with E-state index in [0.29, 0.717) is 32.1 Å². The van der Waals surface area contributed by atoms with Gasteiger partial charge in [-0.05, 0) is 60.5 Å². The maximum atomic E-state index is 12.9. The summed E-state index contributed by atoms with van der Waals surface area (Å²) in [5.41, 5.74) is 2.11. The number of carbonyl (C=O) groups excluding carboxylic acids is 1. The minimum absolute atomic E-state index is 0.116. The van der Waals surface area contributed by atoms with Crippen molar-refractivity contribution in [3.8, 4) is 11.5 Å². The third-order valence-corrected chi connectivity index (χ3v) is 7.37. The van der Waals surface area contributed by atoms with Gasteiger partial charge in [-0.25, -0.2) is 8.42 Å². The third-order valence-electron chi connectivity index (χ3n) is 5.45. The lowest BCUT2D eigenvalue weighted by molar-refractivity contribution is -0.127. The second-order valence-electron chi connectivity index (χ2n) is 7.43. The Hall–Kier alpha value is -2.84. The number of sulfonamides is 1. The van der Waals surface area contributed by atoms with Gasteiger partial charge in [-0.15, -0.1) is 0 Å². The van der Waals surface area contributed by atoms with Crippen molar-refractivity contribution in [3.05, 3.63) is 59.7 Å². The van der Waals surface area contributed by atoms with Crippen LogP contribution in [0.3, 0.4) is 0 Å². The van der Waals surface area contributed by atoms with Crippen LogP contribution in [0, 0.1) is 0 Å². The van der Waals surface area contributed by atoms with Crippen LogP contribution in [0.15, 0.2) is 53.4 Å². The highest BCUT2D eigenvalue weighted by atomic mass is 32.2. The van der Waals surface area contributed by atoms with Crippen LogP contribution in [0.1, 0.15) is 18.1 Å². The van der Waals surface area contributed by atoms with Crippen LogP contribution in [-0.4, -0.2) is 62.9 Å². The monoisotopic (exact) mass is 442 g/mol. The first-order valence-corrected chi connectivity index (χ1v) is 11.9. The van der Waals surface area contributed by atoms with Crippen LogP contribution < -0.4 is 9.47 Å². The molecule has 2 aromatic rings. The van der Waals surface area contributed by atoms with Gasteiger partial charge in [-0.2, -0.15) is 4.31 Å². The molecule has 1 amide bonds. The molecular formula is C23H26N2O5S. The van der Waals surface area contributed by atoms with Crippen molar-refractivity contribution in [3.63, 3.8) is 0 Å². The third kappa shape index (κ3) is 4.75. The fourth-order valence-corrected chi connectivity index (χ4v) is 5.18. The van der Waals surface area contributed by atoms with Gasteiger partial charge >= 0.3 is 0 Å². The zero-order valence-electron chi connectivity index (χ0n) is 17.5. The summed E-state index contributed by atoms with van der Waals surface area (Å²) >= 11 is 0. The van der Waals surface area contributed by atoms with E-state index in [4.69, 9.17) is 9.47 Å². The summed E-state index contributed by atoms with van der Waals surface area (Å²) in [4.78, 5) is 14.5. The number of fused-ring (bicyclic) bond motifs is 1. The Bertz CT molecular complexity index is 1070.